The molecule has 0 saturated carbocycles. The Labute approximate surface area is 188 Å². The summed E-state index contributed by atoms with van der Waals surface area (Å²) >= 11 is 0. The Morgan fingerprint density at radius 2 is 1.44 bits per heavy atom. The maximum absolute atomic E-state index is 11.7. The van der Waals surface area contributed by atoms with Crippen molar-refractivity contribution >= 4 is 16.9 Å². The minimum Gasteiger partial charge on any atom is -0.354 e. The van der Waals surface area contributed by atoms with Crippen LogP contribution in [0.5, 0.6) is 0 Å². The molecule has 1 atom stereocenters. The number of nitrogens with one attached hydrogen (secondary N) is 2. The first kappa shape index (κ1) is 21.6. The SMILES string of the molecule is CC(=O)NCC(Cc1ccc(C)cc1)n1c(=N)n(Cc2ccc(C)cc2)c2ccccc21. The molecule has 4 aromatic rings. The van der Waals surface area contributed by atoms with E-state index in [9.17, 15) is 4.79 Å². The average Bonchev–Trinajstić information content (AvgIpc) is 3.05. The first-order chi connectivity index (χ1) is 15.4. The zero-order valence-electron chi connectivity index (χ0n) is 18.9. The lowest BCUT2D eigenvalue weighted by molar-refractivity contribution is -0.119. The van der Waals surface area contributed by atoms with Gasteiger partial charge >= 0.3 is 0 Å². The van der Waals surface area contributed by atoms with Gasteiger partial charge in [0.2, 0.25) is 11.5 Å². The fourth-order valence-electron chi connectivity index (χ4n) is 4.17. The number of para-hydroxylation sites is 2. The van der Waals surface area contributed by atoms with E-state index < -0.39 is 0 Å². The lowest BCUT2D eigenvalue weighted by Crippen LogP contribution is -2.36. The number of hydrogen-bond acceptors (Lipinski definition) is 2. The summed E-state index contributed by atoms with van der Waals surface area (Å²) in [5, 5.41) is 12.1. The van der Waals surface area contributed by atoms with Crippen molar-refractivity contribution in [1.82, 2.24) is 14.5 Å². The van der Waals surface area contributed by atoms with Crippen LogP contribution in [0.3, 0.4) is 0 Å². The lowest BCUT2D eigenvalue weighted by Gasteiger charge is -2.20. The third-order valence-corrected chi connectivity index (χ3v) is 5.92. The summed E-state index contributed by atoms with van der Waals surface area (Å²) in [7, 11) is 0. The van der Waals surface area contributed by atoms with Crippen molar-refractivity contribution in [2.45, 2.75) is 39.8 Å². The van der Waals surface area contributed by atoms with Crippen molar-refractivity contribution in [2.24, 2.45) is 0 Å². The van der Waals surface area contributed by atoms with E-state index in [1.807, 2.05) is 12.1 Å². The molecule has 1 unspecified atom stereocenters. The molecule has 0 fully saturated rings. The van der Waals surface area contributed by atoms with Gasteiger partial charge in [0.15, 0.2) is 0 Å². The largest absolute Gasteiger partial charge is 0.354 e. The minimum absolute atomic E-state index is 0.0607. The number of fused-ring (bicyclic) bond motifs is 1. The maximum atomic E-state index is 11.7. The number of carbonyl (C=O) groups excluding carboxylic acids is 1. The second-order valence-corrected chi connectivity index (χ2v) is 8.53. The number of rotatable bonds is 7. The molecular weight excluding hydrogens is 396 g/mol. The Kier molecular flexibility index (Phi) is 6.26. The van der Waals surface area contributed by atoms with E-state index in [1.165, 1.54) is 23.6 Å². The monoisotopic (exact) mass is 426 g/mol. The first-order valence-electron chi connectivity index (χ1n) is 11.0. The number of nitrogens with zero attached hydrogens (tertiary/aromatic N) is 2. The van der Waals surface area contributed by atoms with Crippen molar-refractivity contribution in [3.63, 3.8) is 0 Å². The van der Waals surface area contributed by atoms with Crippen molar-refractivity contribution in [3.05, 3.63) is 101 Å². The van der Waals surface area contributed by atoms with Gasteiger partial charge in [0.1, 0.15) is 0 Å². The minimum atomic E-state index is -0.0710. The molecular formula is C27H30N4O. The molecule has 2 N–H and O–H groups in total. The number of hydrogen-bond donors (Lipinski definition) is 2. The van der Waals surface area contributed by atoms with Gasteiger partial charge in [-0.05, 0) is 43.5 Å². The molecule has 1 amide bonds. The third-order valence-electron chi connectivity index (χ3n) is 5.92. The molecule has 3 aromatic carbocycles. The highest BCUT2D eigenvalue weighted by Gasteiger charge is 2.20. The Morgan fingerprint density at radius 1 is 0.875 bits per heavy atom. The van der Waals surface area contributed by atoms with E-state index in [0.717, 1.165) is 23.0 Å². The molecule has 4 rings (SSSR count). The van der Waals surface area contributed by atoms with Crippen LogP contribution in [-0.2, 0) is 17.8 Å². The molecule has 0 radical (unpaired) electrons. The summed E-state index contributed by atoms with van der Waals surface area (Å²) in [6.45, 7) is 6.79. The van der Waals surface area contributed by atoms with Crippen LogP contribution in [0.4, 0.5) is 0 Å². The fourth-order valence-corrected chi connectivity index (χ4v) is 4.17. The highest BCUT2D eigenvalue weighted by molar-refractivity contribution is 5.76. The van der Waals surface area contributed by atoms with Gasteiger partial charge in [0.05, 0.1) is 23.6 Å². The summed E-state index contributed by atoms with van der Waals surface area (Å²) in [5.41, 5.74) is 7.26. The van der Waals surface area contributed by atoms with E-state index in [0.29, 0.717) is 18.7 Å². The van der Waals surface area contributed by atoms with Crippen molar-refractivity contribution in [3.8, 4) is 0 Å². The van der Waals surface area contributed by atoms with Gasteiger partial charge in [-0.3, -0.25) is 10.2 Å². The Balaban J connectivity index is 1.79. The number of imidazole rings is 1. The number of aryl methyl sites for hydroxylation is 2. The predicted octanol–water partition coefficient (Wildman–Crippen LogP) is 4.51. The number of carbonyl (C=O) groups is 1. The molecule has 0 saturated heterocycles. The molecule has 0 aliphatic carbocycles. The van der Waals surface area contributed by atoms with Crippen molar-refractivity contribution < 1.29 is 4.79 Å². The summed E-state index contributed by atoms with van der Waals surface area (Å²) in [6, 6.07) is 25.0. The quantitative estimate of drug-likeness (QED) is 0.449. The van der Waals surface area contributed by atoms with Gasteiger partial charge in [-0.2, -0.15) is 0 Å². The Morgan fingerprint density at radius 3 is 2.03 bits per heavy atom. The van der Waals surface area contributed by atoms with Crippen LogP contribution in [0.1, 0.15) is 35.2 Å². The number of aromatic nitrogens is 2. The third kappa shape index (κ3) is 4.67. The summed E-state index contributed by atoms with van der Waals surface area (Å²) < 4.78 is 4.12. The van der Waals surface area contributed by atoms with Crippen LogP contribution in [-0.4, -0.2) is 21.6 Å². The van der Waals surface area contributed by atoms with Crippen LogP contribution in [0, 0.1) is 19.3 Å². The normalized spacial score (nSPS) is 12.1. The molecule has 1 heterocycles. The molecule has 0 aliphatic heterocycles. The summed E-state index contributed by atoms with van der Waals surface area (Å²) in [6.07, 6.45) is 0.732. The van der Waals surface area contributed by atoms with Gasteiger partial charge < -0.3 is 14.5 Å². The molecule has 0 aliphatic rings. The standard InChI is InChI=1S/C27H30N4O/c1-19-8-12-22(13-9-19)16-24(17-29-21(3)32)31-26-7-5-4-6-25(26)30(27(31)28)18-23-14-10-20(2)11-15-23/h4-15,24,28H,16-18H2,1-3H3,(H,29,32). The van der Waals surface area contributed by atoms with E-state index >= 15 is 0 Å². The lowest BCUT2D eigenvalue weighted by atomic mass is 10.0. The van der Waals surface area contributed by atoms with Crippen LogP contribution in [0.2, 0.25) is 0 Å². The zero-order chi connectivity index (χ0) is 22.7. The van der Waals surface area contributed by atoms with Crippen LogP contribution in [0.25, 0.3) is 11.0 Å². The maximum Gasteiger partial charge on any atom is 0.216 e. The van der Waals surface area contributed by atoms with E-state index in [2.05, 4.69) is 89.0 Å². The molecule has 5 heteroatoms. The molecule has 32 heavy (non-hydrogen) atoms. The highest BCUT2D eigenvalue weighted by Crippen LogP contribution is 2.21. The van der Waals surface area contributed by atoms with Crippen molar-refractivity contribution in [2.75, 3.05) is 6.54 Å². The average molecular weight is 427 g/mol. The van der Waals surface area contributed by atoms with E-state index in [4.69, 9.17) is 5.41 Å². The second kappa shape index (κ2) is 9.27. The van der Waals surface area contributed by atoms with E-state index in [-0.39, 0.29) is 11.9 Å². The predicted molar refractivity (Wildman–Crippen MR) is 129 cm³/mol. The Bertz CT molecular complexity index is 1280. The first-order valence-corrected chi connectivity index (χ1v) is 11.0. The van der Waals surface area contributed by atoms with Crippen LogP contribution < -0.4 is 10.9 Å². The smallest absolute Gasteiger partial charge is 0.216 e. The van der Waals surface area contributed by atoms with Crippen LogP contribution >= 0.6 is 0 Å². The summed E-state index contributed by atoms with van der Waals surface area (Å²) in [4.78, 5) is 11.7. The van der Waals surface area contributed by atoms with Gasteiger partial charge in [0, 0.05) is 13.5 Å². The van der Waals surface area contributed by atoms with Crippen LogP contribution in [0.15, 0.2) is 72.8 Å². The van der Waals surface area contributed by atoms with Gasteiger partial charge in [-0.1, -0.05) is 71.8 Å². The molecule has 164 valence electrons. The topological polar surface area (TPSA) is 62.8 Å². The van der Waals surface area contributed by atoms with Crippen molar-refractivity contribution in [1.29, 1.82) is 5.41 Å². The van der Waals surface area contributed by atoms with E-state index in [1.54, 1.807) is 0 Å². The molecule has 5 nitrogen and oxygen atoms in total. The number of amides is 1. The Hall–Kier alpha value is -3.60. The number of benzene rings is 3. The molecule has 1 aromatic heterocycles. The van der Waals surface area contributed by atoms with Gasteiger partial charge in [-0.15, -0.1) is 0 Å². The van der Waals surface area contributed by atoms with Gasteiger partial charge in [0.25, 0.3) is 0 Å². The van der Waals surface area contributed by atoms with Gasteiger partial charge in [-0.25, -0.2) is 0 Å². The highest BCUT2D eigenvalue weighted by atomic mass is 16.1. The molecule has 0 spiro atoms. The summed E-state index contributed by atoms with van der Waals surface area (Å²) in [5.74, 6) is -0.0607. The zero-order valence-corrected chi connectivity index (χ0v) is 18.9. The second-order valence-electron chi connectivity index (χ2n) is 8.53. The fraction of sp³-hybridized carbons (Fsp3) is 0.259. The molecule has 0 bridgehead atoms.